The van der Waals surface area contributed by atoms with Crippen molar-refractivity contribution in [2.24, 2.45) is 0 Å². The average molecular weight is 425 g/mol. The van der Waals surface area contributed by atoms with Gasteiger partial charge in [-0.05, 0) is 11.6 Å². The monoisotopic (exact) mass is 424 g/mol. The fourth-order valence-electron chi connectivity index (χ4n) is 2.59. The van der Waals surface area contributed by atoms with Gasteiger partial charge in [0.15, 0.2) is 5.69 Å². The van der Waals surface area contributed by atoms with Crippen molar-refractivity contribution in [3.63, 3.8) is 0 Å². The molecule has 0 amide bonds. The first kappa shape index (κ1) is 20.3. The smallest absolute Gasteiger partial charge is 0.320 e. The normalized spacial score (nSPS) is 11.3. The van der Waals surface area contributed by atoms with E-state index >= 15 is 0 Å². The number of rotatable bonds is 5. The van der Waals surface area contributed by atoms with Crippen LogP contribution in [0.25, 0.3) is 0 Å². The number of hydrogen-bond donors (Lipinski definition) is 1. The number of nitro benzene ring substituents is 1. The zero-order chi connectivity index (χ0) is 21.2. The van der Waals surface area contributed by atoms with Crippen molar-refractivity contribution in [3.05, 3.63) is 91.3 Å². The van der Waals surface area contributed by atoms with E-state index in [1.165, 1.54) is 24.3 Å². The van der Waals surface area contributed by atoms with Gasteiger partial charge in [0, 0.05) is 6.07 Å². The molecule has 0 saturated heterocycles. The van der Waals surface area contributed by atoms with Crippen LogP contribution in [0.3, 0.4) is 0 Å². The Hall–Kier alpha value is -3.40. The second-order valence-corrected chi connectivity index (χ2v) is 6.25. The van der Waals surface area contributed by atoms with Gasteiger partial charge < -0.3 is 5.32 Å². The summed E-state index contributed by atoms with van der Waals surface area (Å²) in [5, 5.41) is 12.6. The summed E-state index contributed by atoms with van der Waals surface area (Å²) in [6.45, 7) is -0.145. The third kappa shape index (κ3) is 4.37. The summed E-state index contributed by atoms with van der Waals surface area (Å²) < 4.78 is 40.7. The van der Waals surface area contributed by atoms with Crippen LogP contribution in [0, 0.1) is 10.1 Å². The largest absolute Gasteiger partial charge is 0.435 e. The summed E-state index contributed by atoms with van der Waals surface area (Å²) in [6, 6.07) is 13.7. The van der Waals surface area contributed by atoms with Gasteiger partial charge in [-0.2, -0.15) is 13.2 Å². The Balaban J connectivity index is 2.19. The standard InChI is InChI=1S/C18H12ClF3N4O3/c19-14-15(18(20,21)22)24-17(23-12-8-4-5-9-13(12)26(28)29)25(16(14)27)10-11-6-2-1-3-7-11/h1-9H,10H2,(H,23,24). The van der Waals surface area contributed by atoms with Crippen LogP contribution < -0.4 is 10.9 Å². The highest BCUT2D eigenvalue weighted by atomic mass is 35.5. The Kier molecular flexibility index (Phi) is 5.55. The fraction of sp³-hybridized carbons (Fsp3) is 0.111. The lowest BCUT2D eigenvalue weighted by atomic mass is 10.2. The number of nitrogens with one attached hydrogen (secondary N) is 1. The average Bonchev–Trinajstić information content (AvgIpc) is 2.67. The lowest BCUT2D eigenvalue weighted by Gasteiger charge is -2.17. The number of hydrogen-bond acceptors (Lipinski definition) is 5. The number of nitro groups is 1. The number of halogens is 4. The van der Waals surface area contributed by atoms with Crippen LogP contribution in [0.5, 0.6) is 0 Å². The van der Waals surface area contributed by atoms with Crippen molar-refractivity contribution in [1.29, 1.82) is 0 Å². The van der Waals surface area contributed by atoms with Gasteiger partial charge in [0.1, 0.15) is 10.7 Å². The molecule has 2 aromatic carbocycles. The molecule has 0 aliphatic heterocycles. The molecule has 11 heteroatoms. The minimum atomic E-state index is -4.98. The summed E-state index contributed by atoms with van der Waals surface area (Å²) in [7, 11) is 0. The van der Waals surface area contributed by atoms with Crippen LogP contribution >= 0.6 is 11.6 Å². The molecule has 29 heavy (non-hydrogen) atoms. The van der Waals surface area contributed by atoms with Crippen molar-refractivity contribution in [2.75, 3.05) is 5.32 Å². The Morgan fingerprint density at radius 2 is 1.72 bits per heavy atom. The predicted molar refractivity (Wildman–Crippen MR) is 100 cm³/mol. The van der Waals surface area contributed by atoms with E-state index in [9.17, 15) is 28.1 Å². The van der Waals surface area contributed by atoms with Gasteiger partial charge in [-0.3, -0.25) is 19.5 Å². The molecule has 150 valence electrons. The molecule has 3 rings (SSSR count). The molecular weight excluding hydrogens is 413 g/mol. The minimum absolute atomic E-state index is 0.123. The van der Waals surface area contributed by atoms with Gasteiger partial charge in [0.05, 0.1) is 11.5 Å². The van der Waals surface area contributed by atoms with E-state index in [2.05, 4.69) is 10.3 Å². The van der Waals surface area contributed by atoms with E-state index in [1.807, 2.05) is 0 Å². The Labute approximate surface area is 166 Å². The molecule has 0 spiro atoms. The molecule has 3 aromatic rings. The van der Waals surface area contributed by atoms with Gasteiger partial charge in [-0.25, -0.2) is 4.98 Å². The molecule has 1 heterocycles. The molecule has 1 aromatic heterocycles. The van der Waals surface area contributed by atoms with Gasteiger partial charge in [0.25, 0.3) is 11.2 Å². The lowest BCUT2D eigenvalue weighted by molar-refractivity contribution is -0.383. The maximum atomic E-state index is 13.3. The maximum absolute atomic E-state index is 13.3. The highest BCUT2D eigenvalue weighted by Crippen LogP contribution is 2.33. The second-order valence-electron chi connectivity index (χ2n) is 5.87. The Morgan fingerprint density at radius 1 is 1.10 bits per heavy atom. The molecule has 0 saturated carbocycles. The van der Waals surface area contributed by atoms with Crippen LogP contribution in [0.2, 0.25) is 5.02 Å². The van der Waals surface area contributed by atoms with Crippen LogP contribution in [-0.2, 0) is 12.7 Å². The third-order valence-electron chi connectivity index (χ3n) is 3.91. The van der Waals surface area contributed by atoms with Gasteiger partial charge in [0.2, 0.25) is 5.95 Å². The minimum Gasteiger partial charge on any atom is -0.320 e. The number of aromatic nitrogens is 2. The van der Waals surface area contributed by atoms with Crippen LogP contribution in [0.4, 0.5) is 30.5 Å². The highest BCUT2D eigenvalue weighted by Gasteiger charge is 2.38. The topological polar surface area (TPSA) is 90.1 Å². The van der Waals surface area contributed by atoms with E-state index in [1.54, 1.807) is 30.3 Å². The van der Waals surface area contributed by atoms with Crippen molar-refractivity contribution >= 4 is 28.9 Å². The first-order valence-corrected chi connectivity index (χ1v) is 8.48. The molecule has 0 unspecified atom stereocenters. The summed E-state index contributed by atoms with van der Waals surface area (Å²) in [5.74, 6) is -0.523. The molecule has 0 aliphatic carbocycles. The second kappa shape index (κ2) is 7.92. The Morgan fingerprint density at radius 3 is 2.34 bits per heavy atom. The third-order valence-corrected chi connectivity index (χ3v) is 4.25. The maximum Gasteiger partial charge on any atom is 0.435 e. The number of alkyl halides is 3. The zero-order valence-corrected chi connectivity index (χ0v) is 15.2. The molecular formula is C18H12ClF3N4O3. The molecule has 0 radical (unpaired) electrons. The first-order chi connectivity index (χ1) is 13.7. The zero-order valence-electron chi connectivity index (χ0n) is 14.5. The summed E-state index contributed by atoms with van der Waals surface area (Å²) in [6.07, 6.45) is -4.98. The van der Waals surface area contributed by atoms with E-state index < -0.39 is 39.0 Å². The van der Waals surface area contributed by atoms with Gasteiger partial charge in [-0.15, -0.1) is 0 Å². The van der Waals surface area contributed by atoms with E-state index in [0.717, 1.165) is 4.57 Å². The number of benzene rings is 2. The van der Waals surface area contributed by atoms with Crippen LogP contribution in [0.15, 0.2) is 59.4 Å². The number of para-hydroxylation sites is 2. The van der Waals surface area contributed by atoms with Gasteiger partial charge >= 0.3 is 6.18 Å². The SMILES string of the molecule is O=c1c(Cl)c(C(F)(F)F)nc(Nc2ccccc2[N+](=O)[O-])n1Cc1ccccc1. The van der Waals surface area contributed by atoms with Crippen LogP contribution in [0.1, 0.15) is 11.3 Å². The molecule has 0 aliphatic rings. The van der Waals surface area contributed by atoms with Gasteiger partial charge in [-0.1, -0.05) is 54.1 Å². The fourth-order valence-corrected chi connectivity index (χ4v) is 2.84. The van der Waals surface area contributed by atoms with E-state index in [0.29, 0.717) is 5.56 Å². The highest BCUT2D eigenvalue weighted by molar-refractivity contribution is 6.31. The number of nitrogens with zero attached hydrogens (tertiary/aromatic N) is 3. The van der Waals surface area contributed by atoms with Crippen LogP contribution in [-0.4, -0.2) is 14.5 Å². The lowest BCUT2D eigenvalue weighted by Crippen LogP contribution is -2.29. The summed E-state index contributed by atoms with van der Waals surface area (Å²) >= 11 is 5.65. The van der Waals surface area contributed by atoms with Crippen molar-refractivity contribution in [3.8, 4) is 0 Å². The first-order valence-electron chi connectivity index (χ1n) is 8.10. The molecule has 1 N–H and O–H groups in total. The predicted octanol–water partition coefficient (Wildman–Crippen LogP) is 4.62. The van der Waals surface area contributed by atoms with Crippen molar-refractivity contribution in [2.45, 2.75) is 12.7 Å². The summed E-state index contributed by atoms with van der Waals surface area (Å²) in [4.78, 5) is 26.6. The molecule has 7 nitrogen and oxygen atoms in total. The Bertz CT molecular complexity index is 1120. The van der Waals surface area contributed by atoms with E-state index in [-0.39, 0.29) is 12.2 Å². The van der Waals surface area contributed by atoms with Crippen molar-refractivity contribution in [1.82, 2.24) is 9.55 Å². The summed E-state index contributed by atoms with van der Waals surface area (Å²) in [5.41, 5.74) is -2.62. The number of anilines is 2. The van der Waals surface area contributed by atoms with Crippen molar-refractivity contribution < 1.29 is 18.1 Å². The molecule has 0 fully saturated rings. The van der Waals surface area contributed by atoms with E-state index in [4.69, 9.17) is 11.6 Å². The molecule has 0 atom stereocenters. The quantitative estimate of drug-likeness (QED) is 0.477. The molecule has 0 bridgehead atoms.